The fourth-order valence-corrected chi connectivity index (χ4v) is 1.93. The lowest BCUT2D eigenvalue weighted by Crippen LogP contribution is -2.19. The Kier molecular flexibility index (Phi) is 5.77. The summed E-state index contributed by atoms with van der Waals surface area (Å²) in [5.41, 5.74) is 0.623. The average Bonchev–Trinajstić information content (AvgIpc) is 2.75. The smallest absolute Gasteiger partial charge is 0.311 e. The highest BCUT2D eigenvalue weighted by atomic mass is 32.1. The highest BCUT2D eigenvalue weighted by Gasteiger charge is 2.13. The number of hydrogen-bond acceptors (Lipinski definition) is 5. The van der Waals surface area contributed by atoms with Crippen LogP contribution in [-0.2, 0) is 20.7 Å². The molecule has 6 heteroatoms. The lowest BCUT2D eigenvalue weighted by Gasteiger charge is -2.06. The van der Waals surface area contributed by atoms with Crippen LogP contribution in [0.4, 0.5) is 5.13 Å². The van der Waals surface area contributed by atoms with Crippen LogP contribution < -0.4 is 5.32 Å². The van der Waals surface area contributed by atoms with Crippen LogP contribution in [0.3, 0.4) is 0 Å². The van der Waals surface area contributed by atoms with E-state index >= 15 is 0 Å². The largest absolute Gasteiger partial charge is 0.466 e. The molecule has 1 heterocycles. The molecule has 18 heavy (non-hydrogen) atoms. The molecule has 1 N–H and O–H groups in total. The van der Waals surface area contributed by atoms with Crippen molar-refractivity contribution in [2.45, 2.75) is 33.6 Å². The van der Waals surface area contributed by atoms with Crippen LogP contribution in [0.1, 0.15) is 32.9 Å². The maximum absolute atomic E-state index is 11.6. The van der Waals surface area contributed by atoms with Crippen molar-refractivity contribution >= 4 is 28.3 Å². The zero-order valence-corrected chi connectivity index (χ0v) is 11.7. The minimum absolute atomic E-state index is 0.0394. The van der Waals surface area contributed by atoms with Gasteiger partial charge in [-0.15, -0.1) is 11.3 Å². The normalized spacial score (nSPS) is 11.9. The van der Waals surface area contributed by atoms with Crippen molar-refractivity contribution in [2.24, 2.45) is 5.92 Å². The lowest BCUT2D eigenvalue weighted by molar-refractivity contribution is -0.142. The number of anilines is 1. The molecule has 1 unspecified atom stereocenters. The maximum Gasteiger partial charge on any atom is 0.311 e. The number of carbonyl (C=O) groups excluding carboxylic acids is 2. The Morgan fingerprint density at radius 2 is 2.22 bits per heavy atom. The molecule has 1 aromatic heterocycles. The number of aromatic nitrogens is 1. The molecular weight excluding hydrogens is 252 g/mol. The van der Waals surface area contributed by atoms with E-state index in [0.717, 1.165) is 6.42 Å². The van der Waals surface area contributed by atoms with Crippen molar-refractivity contribution in [1.82, 2.24) is 4.98 Å². The van der Waals surface area contributed by atoms with Crippen LogP contribution in [0, 0.1) is 5.92 Å². The summed E-state index contributed by atoms with van der Waals surface area (Å²) in [6, 6.07) is 0. The molecule has 100 valence electrons. The number of thiazole rings is 1. The van der Waals surface area contributed by atoms with E-state index in [1.54, 1.807) is 12.3 Å². The third-order valence-electron chi connectivity index (χ3n) is 2.47. The maximum atomic E-state index is 11.6. The highest BCUT2D eigenvalue weighted by molar-refractivity contribution is 7.13. The Balaban J connectivity index is 2.53. The molecule has 0 aliphatic rings. The molecule has 0 saturated heterocycles. The first-order chi connectivity index (χ1) is 8.56. The van der Waals surface area contributed by atoms with Gasteiger partial charge in [-0.2, -0.15) is 0 Å². The molecule has 0 aromatic carbocycles. The second-order valence-electron chi connectivity index (χ2n) is 3.92. The molecule has 1 amide bonds. The first-order valence-electron chi connectivity index (χ1n) is 5.97. The lowest BCUT2D eigenvalue weighted by atomic mass is 10.1. The molecular formula is C12H18N2O3S. The molecule has 0 spiro atoms. The second kappa shape index (κ2) is 7.10. The van der Waals surface area contributed by atoms with Crippen LogP contribution >= 0.6 is 11.3 Å². The van der Waals surface area contributed by atoms with Gasteiger partial charge in [0.15, 0.2) is 5.13 Å². The van der Waals surface area contributed by atoms with E-state index in [-0.39, 0.29) is 24.2 Å². The number of ether oxygens (including phenoxy) is 1. The van der Waals surface area contributed by atoms with Gasteiger partial charge < -0.3 is 10.1 Å². The fourth-order valence-electron chi connectivity index (χ4n) is 1.22. The van der Waals surface area contributed by atoms with Gasteiger partial charge in [0.05, 0.1) is 18.7 Å². The van der Waals surface area contributed by atoms with Gasteiger partial charge in [-0.05, 0) is 13.3 Å². The molecule has 0 radical (unpaired) electrons. The van der Waals surface area contributed by atoms with E-state index in [9.17, 15) is 9.59 Å². The predicted molar refractivity (Wildman–Crippen MR) is 70.5 cm³/mol. The topological polar surface area (TPSA) is 68.3 Å². The molecule has 0 aliphatic heterocycles. The van der Waals surface area contributed by atoms with Gasteiger partial charge in [0.2, 0.25) is 5.91 Å². The molecule has 5 nitrogen and oxygen atoms in total. The van der Waals surface area contributed by atoms with Crippen LogP contribution in [0.2, 0.25) is 0 Å². The quantitative estimate of drug-likeness (QED) is 0.805. The number of amides is 1. The molecule has 0 saturated carbocycles. The van der Waals surface area contributed by atoms with Crippen molar-refractivity contribution in [2.75, 3.05) is 11.9 Å². The third-order valence-corrected chi connectivity index (χ3v) is 3.28. The first kappa shape index (κ1) is 14.6. The molecule has 0 aliphatic carbocycles. The van der Waals surface area contributed by atoms with Gasteiger partial charge in [-0.3, -0.25) is 9.59 Å². The van der Waals surface area contributed by atoms with Gasteiger partial charge >= 0.3 is 5.97 Å². The SMILES string of the molecule is CCOC(=O)Cc1csc(NC(=O)C(C)CC)n1. The van der Waals surface area contributed by atoms with E-state index in [2.05, 4.69) is 10.3 Å². The van der Waals surface area contributed by atoms with E-state index in [1.807, 2.05) is 13.8 Å². The monoisotopic (exact) mass is 270 g/mol. The van der Waals surface area contributed by atoms with Gasteiger partial charge in [0.25, 0.3) is 0 Å². The second-order valence-corrected chi connectivity index (χ2v) is 4.78. The zero-order valence-electron chi connectivity index (χ0n) is 10.9. The van der Waals surface area contributed by atoms with Crippen LogP contribution in [0.15, 0.2) is 5.38 Å². The van der Waals surface area contributed by atoms with Crippen LogP contribution in [0.5, 0.6) is 0 Å². The standard InChI is InChI=1S/C12H18N2O3S/c1-4-8(3)11(16)14-12-13-9(7-18-12)6-10(15)17-5-2/h7-8H,4-6H2,1-3H3,(H,13,14,16). The Bertz CT molecular complexity index is 417. The summed E-state index contributed by atoms with van der Waals surface area (Å²) in [7, 11) is 0. The third kappa shape index (κ3) is 4.44. The van der Waals surface area contributed by atoms with Crippen molar-refractivity contribution in [3.05, 3.63) is 11.1 Å². The van der Waals surface area contributed by atoms with Crippen molar-refractivity contribution in [3.63, 3.8) is 0 Å². The first-order valence-corrected chi connectivity index (χ1v) is 6.85. The van der Waals surface area contributed by atoms with Crippen LogP contribution in [-0.4, -0.2) is 23.5 Å². The van der Waals surface area contributed by atoms with Crippen molar-refractivity contribution in [1.29, 1.82) is 0 Å². The van der Waals surface area contributed by atoms with E-state index in [1.165, 1.54) is 11.3 Å². The molecule has 1 aromatic rings. The van der Waals surface area contributed by atoms with Crippen molar-refractivity contribution < 1.29 is 14.3 Å². The molecule has 1 rings (SSSR count). The highest BCUT2D eigenvalue weighted by Crippen LogP contribution is 2.17. The van der Waals surface area contributed by atoms with E-state index in [4.69, 9.17) is 4.74 Å². The summed E-state index contributed by atoms with van der Waals surface area (Å²) in [5, 5.41) is 5.02. The summed E-state index contributed by atoms with van der Waals surface area (Å²) < 4.78 is 4.83. The summed E-state index contributed by atoms with van der Waals surface area (Å²) in [6.45, 7) is 5.94. The van der Waals surface area contributed by atoms with Crippen LogP contribution in [0.25, 0.3) is 0 Å². The summed E-state index contributed by atoms with van der Waals surface area (Å²) in [4.78, 5) is 27.1. The summed E-state index contributed by atoms with van der Waals surface area (Å²) in [5.74, 6) is -0.389. The Morgan fingerprint density at radius 3 is 2.83 bits per heavy atom. The van der Waals surface area contributed by atoms with Gasteiger partial charge in [-0.1, -0.05) is 13.8 Å². The number of rotatable bonds is 6. The van der Waals surface area contributed by atoms with E-state index < -0.39 is 0 Å². The fraction of sp³-hybridized carbons (Fsp3) is 0.583. The van der Waals surface area contributed by atoms with Gasteiger partial charge in [0.1, 0.15) is 0 Å². The number of esters is 1. The van der Waals surface area contributed by atoms with Gasteiger partial charge in [-0.25, -0.2) is 4.98 Å². The molecule has 0 fully saturated rings. The Hall–Kier alpha value is -1.43. The Labute approximate surface area is 111 Å². The molecule has 0 bridgehead atoms. The number of nitrogens with zero attached hydrogens (tertiary/aromatic N) is 1. The van der Waals surface area contributed by atoms with E-state index in [0.29, 0.717) is 17.4 Å². The summed E-state index contributed by atoms with van der Waals surface area (Å²) >= 11 is 1.32. The average molecular weight is 270 g/mol. The minimum atomic E-state index is -0.303. The summed E-state index contributed by atoms with van der Waals surface area (Å²) in [6.07, 6.45) is 0.927. The number of carbonyl (C=O) groups is 2. The zero-order chi connectivity index (χ0) is 13.5. The molecule has 1 atom stereocenters. The Morgan fingerprint density at radius 1 is 1.50 bits per heavy atom. The van der Waals surface area contributed by atoms with Gasteiger partial charge in [0, 0.05) is 11.3 Å². The van der Waals surface area contributed by atoms with Crippen molar-refractivity contribution in [3.8, 4) is 0 Å². The number of hydrogen-bond donors (Lipinski definition) is 1. The number of nitrogens with one attached hydrogen (secondary N) is 1. The minimum Gasteiger partial charge on any atom is -0.466 e. The predicted octanol–water partition coefficient (Wildman–Crippen LogP) is 2.23.